The molecule has 0 fully saturated rings. The minimum Gasteiger partial charge on any atom is -0.549 e. The summed E-state index contributed by atoms with van der Waals surface area (Å²) in [6.07, 6.45) is 0. The number of carbonyl (C=O) groups excluding carboxylic acids is 1. The molecule has 0 aliphatic heterocycles. The molecular weight excluding hydrogens is 317 g/mol. The molecule has 0 amide bonds. The van der Waals surface area contributed by atoms with Crippen LogP contribution in [0.1, 0.15) is 0 Å². The van der Waals surface area contributed by atoms with Crippen LogP contribution in [0.3, 0.4) is 0 Å². The largest absolute Gasteiger partial charge is 1.00 e. The summed E-state index contributed by atoms with van der Waals surface area (Å²) in [5.74, 6) is -2.11. The fourth-order valence-corrected chi connectivity index (χ4v) is 0.831. The molecule has 0 aliphatic rings. The van der Waals surface area contributed by atoms with E-state index in [2.05, 4.69) is 14.5 Å². The predicted octanol–water partition coefficient (Wildman–Crippen LogP) is -5.65. The number of aliphatic carboxylic acids is 1. The summed E-state index contributed by atoms with van der Waals surface area (Å²) in [6.45, 7) is -3.86. The van der Waals surface area contributed by atoms with Gasteiger partial charge in [0.1, 0.15) is 19.8 Å². The van der Waals surface area contributed by atoms with Gasteiger partial charge in [-0.1, -0.05) is 0 Å². The van der Waals surface area contributed by atoms with Crippen LogP contribution in [0.2, 0.25) is 0 Å². The molecule has 14 nitrogen and oxygen atoms in total. The quantitative estimate of drug-likeness (QED) is 0.211. The van der Waals surface area contributed by atoms with Gasteiger partial charge in [0, 0.05) is 0 Å². The number of hydrogen-bond acceptors (Lipinski definition) is 11. The van der Waals surface area contributed by atoms with Crippen LogP contribution >= 0.6 is 0 Å². The second kappa shape index (κ2) is 9.59. The number of carbonyl (C=O) groups is 1. The molecule has 15 heteroatoms. The fourth-order valence-electron chi connectivity index (χ4n) is 0.831. The van der Waals surface area contributed by atoms with Gasteiger partial charge in [-0.05, 0) is 0 Å². The Morgan fingerprint density at radius 3 is 1.25 bits per heavy atom. The summed E-state index contributed by atoms with van der Waals surface area (Å²) >= 11 is 0. The molecular formula is C5H6KN3O11. The molecule has 0 N–H and O–H groups in total. The van der Waals surface area contributed by atoms with E-state index in [0.29, 0.717) is 0 Å². The molecule has 0 aliphatic carbocycles. The van der Waals surface area contributed by atoms with Crippen molar-refractivity contribution in [3.8, 4) is 0 Å². The van der Waals surface area contributed by atoms with Gasteiger partial charge in [-0.2, -0.15) is 0 Å². The van der Waals surface area contributed by atoms with Crippen molar-refractivity contribution in [2.24, 2.45) is 5.41 Å². The number of rotatable bonds is 10. The van der Waals surface area contributed by atoms with Crippen LogP contribution in [0.5, 0.6) is 0 Å². The Labute approximate surface area is 151 Å². The summed E-state index contributed by atoms with van der Waals surface area (Å²) in [6, 6.07) is 0. The molecule has 0 radical (unpaired) electrons. The molecule has 0 aromatic carbocycles. The maximum atomic E-state index is 10.8. The first-order chi connectivity index (χ1) is 8.69. The van der Waals surface area contributed by atoms with Crippen molar-refractivity contribution < 1.29 is 91.1 Å². The van der Waals surface area contributed by atoms with Gasteiger partial charge in [0.25, 0.3) is 15.3 Å². The molecule has 0 aromatic rings. The fraction of sp³-hybridized carbons (Fsp3) is 0.800. The van der Waals surface area contributed by atoms with Gasteiger partial charge in [0.2, 0.25) is 0 Å². The van der Waals surface area contributed by atoms with Gasteiger partial charge in [-0.3, -0.25) is 0 Å². The Hall–Kier alpha value is -1.29. The predicted molar refractivity (Wildman–Crippen MR) is 46.3 cm³/mol. The Morgan fingerprint density at radius 1 is 0.850 bits per heavy atom. The number of carboxylic acid groups (broad SMARTS) is 1. The second-order valence-corrected chi connectivity index (χ2v) is 3.06. The van der Waals surface area contributed by atoms with E-state index in [1.165, 1.54) is 0 Å². The maximum Gasteiger partial charge on any atom is 1.00 e. The van der Waals surface area contributed by atoms with Crippen LogP contribution in [-0.2, 0) is 19.3 Å². The van der Waals surface area contributed by atoms with E-state index in [1.807, 2.05) is 0 Å². The first kappa shape index (κ1) is 21.0. The maximum absolute atomic E-state index is 10.8. The van der Waals surface area contributed by atoms with Crippen LogP contribution in [0.4, 0.5) is 0 Å². The summed E-state index contributed by atoms with van der Waals surface area (Å²) in [5.41, 5.74) is -2.59. The van der Waals surface area contributed by atoms with Crippen molar-refractivity contribution in [3.63, 3.8) is 0 Å². The van der Waals surface area contributed by atoms with E-state index < -0.39 is 46.5 Å². The molecule has 0 atom stereocenters. The van der Waals surface area contributed by atoms with Gasteiger partial charge in [0.15, 0.2) is 0 Å². The molecule has 0 saturated carbocycles. The van der Waals surface area contributed by atoms with Crippen molar-refractivity contribution in [2.75, 3.05) is 19.8 Å². The number of hydrogen-bond donors (Lipinski definition) is 0. The van der Waals surface area contributed by atoms with E-state index in [9.17, 15) is 40.2 Å². The van der Waals surface area contributed by atoms with E-state index in [-0.39, 0.29) is 51.4 Å². The summed E-state index contributed by atoms with van der Waals surface area (Å²) < 4.78 is 0. The Kier molecular flexibility index (Phi) is 10.1. The molecule has 0 spiro atoms. The zero-order chi connectivity index (χ0) is 15.1. The SMILES string of the molecule is O=C([O-])C(CO[N+](=O)[O-])(CO[N+](=O)[O-])CO[N+](=O)[O-].[K+]. The molecule has 0 unspecified atom stereocenters. The third-order valence-corrected chi connectivity index (χ3v) is 1.77. The number of nitrogens with zero attached hydrogens (tertiary/aromatic N) is 3. The van der Waals surface area contributed by atoms with Crippen molar-refractivity contribution in [1.82, 2.24) is 0 Å². The summed E-state index contributed by atoms with van der Waals surface area (Å²) in [4.78, 5) is 51.9. The zero-order valence-corrected chi connectivity index (χ0v) is 13.1. The molecule has 0 aromatic heterocycles. The van der Waals surface area contributed by atoms with E-state index in [4.69, 9.17) is 0 Å². The molecule has 0 rings (SSSR count). The Bertz CT molecular complexity index is 341. The average molecular weight is 323 g/mol. The van der Waals surface area contributed by atoms with Crippen molar-refractivity contribution in [2.45, 2.75) is 0 Å². The van der Waals surface area contributed by atoms with Crippen molar-refractivity contribution in [1.29, 1.82) is 0 Å². The van der Waals surface area contributed by atoms with Gasteiger partial charge >= 0.3 is 51.4 Å². The topological polar surface area (TPSA) is 197 Å². The van der Waals surface area contributed by atoms with Gasteiger partial charge in [-0.15, -0.1) is 30.3 Å². The standard InChI is InChI=1S/C5H7N3O11.K/c9-4(10)5(1-17-6(11)12,2-18-7(13)14)3-19-8(15)16;/h1-3H2,(H,9,10);/q;+1/p-1. The third-order valence-electron chi connectivity index (χ3n) is 1.77. The molecule has 0 bridgehead atoms. The van der Waals surface area contributed by atoms with E-state index >= 15 is 0 Å². The minimum atomic E-state index is -2.59. The van der Waals surface area contributed by atoms with Crippen LogP contribution in [-0.4, -0.2) is 41.0 Å². The van der Waals surface area contributed by atoms with Crippen molar-refractivity contribution in [3.05, 3.63) is 30.3 Å². The zero-order valence-electron chi connectivity index (χ0n) is 9.95. The normalized spacial score (nSPS) is 9.80. The van der Waals surface area contributed by atoms with Gasteiger partial charge in [0.05, 0.1) is 11.4 Å². The van der Waals surface area contributed by atoms with E-state index in [0.717, 1.165) is 0 Å². The van der Waals surface area contributed by atoms with Gasteiger partial charge in [-0.25, -0.2) is 0 Å². The van der Waals surface area contributed by atoms with Gasteiger partial charge < -0.3 is 24.4 Å². The van der Waals surface area contributed by atoms with Crippen LogP contribution in [0.15, 0.2) is 0 Å². The molecule has 20 heavy (non-hydrogen) atoms. The minimum absolute atomic E-state index is 0. The van der Waals surface area contributed by atoms with E-state index in [1.54, 1.807) is 0 Å². The smallest absolute Gasteiger partial charge is 0.549 e. The van der Waals surface area contributed by atoms with Crippen LogP contribution < -0.4 is 56.5 Å². The first-order valence-electron chi connectivity index (χ1n) is 4.23. The second-order valence-electron chi connectivity index (χ2n) is 3.06. The average Bonchev–Trinajstić information content (AvgIpc) is 2.27. The monoisotopic (exact) mass is 323 g/mol. The summed E-state index contributed by atoms with van der Waals surface area (Å²) in [5, 5.41) is 36.6. The first-order valence-corrected chi connectivity index (χ1v) is 4.23. The third kappa shape index (κ3) is 7.99. The molecule has 108 valence electrons. The van der Waals surface area contributed by atoms with Crippen LogP contribution in [0.25, 0.3) is 0 Å². The number of carboxylic acids is 1. The Morgan fingerprint density at radius 2 is 1.10 bits per heavy atom. The summed E-state index contributed by atoms with van der Waals surface area (Å²) in [7, 11) is 0. The van der Waals surface area contributed by atoms with Crippen molar-refractivity contribution >= 4 is 5.97 Å². The van der Waals surface area contributed by atoms with Crippen LogP contribution in [0, 0.1) is 35.8 Å². The Balaban J connectivity index is 0. The molecule has 0 saturated heterocycles. The molecule has 0 heterocycles.